The number of hydrogen-bond donors (Lipinski definition) is 4. The number of hydrogen-bond acceptors (Lipinski definition) is 17. The highest BCUT2D eigenvalue weighted by Crippen LogP contribution is 2.59. The van der Waals surface area contributed by atoms with Gasteiger partial charge < -0.3 is 77.9 Å². The highest BCUT2D eigenvalue weighted by Gasteiger charge is 2.55. The van der Waals surface area contributed by atoms with Crippen LogP contribution < -0.4 is 48.7 Å². The van der Waals surface area contributed by atoms with E-state index < -0.39 is 60.8 Å². The number of anilines is 2. The molecule has 10 atom stereocenters. The normalized spacial score (nSPS) is 24.3. The first kappa shape index (κ1) is 57.1. The number of benzene rings is 5. The van der Waals surface area contributed by atoms with E-state index in [1.807, 2.05) is 60.7 Å². The van der Waals surface area contributed by atoms with Crippen molar-refractivity contribution in [1.82, 2.24) is 5.32 Å². The maximum absolute atomic E-state index is 14.7. The Labute approximate surface area is 469 Å². The Kier molecular flexibility index (Phi) is 18.1. The average molecular weight is 1120 g/mol. The van der Waals surface area contributed by atoms with Crippen molar-refractivity contribution in [2.75, 3.05) is 64.6 Å². The number of rotatable bonds is 23. The van der Waals surface area contributed by atoms with Crippen LogP contribution in [0.2, 0.25) is 0 Å². The molecule has 0 spiro atoms. The number of ether oxygens (including phenoxy) is 11. The zero-order valence-electron chi connectivity index (χ0n) is 46.1. The van der Waals surface area contributed by atoms with Gasteiger partial charge in [0, 0.05) is 55.9 Å². The zero-order valence-corrected chi connectivity index (χ0v) is 46.1. The van der Waals surface area contributed by atoms with E-state index in [2.05, 4.69) is 10.6 Å². The number of para-hydroxylation sites is 1. The molecule has 20 heteroatoms. The van der Waals surface area contributed by atoms with E-state index in [0.717, 1.165) is 53.6 Å². The van der Waals surface area contributed by atoms with Gasteiger partial charge in [-0.15, -0.1) is 0 Å². The summed E-state index contributed by atoms with van der Waals surface area (Å²) in [5.74, 6) is 1.17. The van der Waals surface area contributed by atoms with Crippen molar-refractivity contribution in [1.29, 1.82) is 0 Å². The second-order valence-electron chi connectivity index (χ2n) is 20.8. The van der Waals surface area contributed by atoms with Crippen LogP contribution in [0.25, 0.3) is 0 Å². The summed E-state index contributed by atoms with van der Waals surface area (Å²) >= 11 is 0. The molecule has 2 aliphatic carbocycles. The lowest BCUT2D eigenvalue weighted by atomic mass is 9.66. The molecule has 2 saturated heterocycles. The molecule has 3 fully saturated rings. The second-order valence-corrected chi connectivity index (χ2v) is 20.8. The third-order valence-corrected chi connectivity index (χ3v) is 15.7. The molecule has 5 aliphatic rings. The molecule has 0 bridgehead atoms. The Bertz CT molecular complexity index is 3010. The molecular weight excluding hydrogens is 1050 g/mol. The monoisotopic (exact) mass is 1120 g/mol. The van der Waals surface area contributed by atoms with Gasteiger partial charge in [-0.05, 0) is 115 Å². The largest absolute Gasteiger partial charge is 0.497 e. The number of unbranched alkanes of at least 4 members (excludes halogenated alkanes) is 3. The fraction of sp³-hybridized carbons (Fsp3) is 0.459. The van der Waals surface area contributed by atoms with E-state index in [9.17, 15) is 29.0 Å². The van der Waals surface area contributed by atoms with E-state index >= 15 is 0 Å². The average Bonchev–Trinajstić information content (AvgIpc) is 4.24. The lowest BCUT2D eigenvalue weighted by Gasteiger charge is -2.48. The molecule has 3 heterocycles. The molecule has 432 valence electrons. The number of aliphatic hydroxyl groups is 2. The number of halogens is 1. The van der Waals surface area contributed by atoms with Gasteiger partial charge in [0.25, 0.3) is 0 Å². The molecule has 5 aromatic carbocycles. The van der Waals surface area contributed by atoms with Gasteiger partial charge in [-0.3, -0.25) is 14.4 Å². The molecule has 1 saturated carbocycles. The summed E-state index contributed by atoms with van der Waals surface area (Å²) < 4.78 is 80.4. The van der Waals surface area contributed by atoms with Gasteiger partial charge in [-0.25, -0.2) is 4.39 Å². The zero-order chi connectivity index (χ0) is 56.7. The minimum atomic E-state index is -1.45. The summed E-state index contributed by atoms with van der Waals surface area (Å²) in [4.78, 5) is 41.8. The molecule has 81 heavy (non-hydrogen) atoms. The maximum atomic E-state index is 14.7. The van der Waals surface area contributed by atoms with Crippen LogP contribution in [-0.2, 0) is 39.9 Å². The summed E-state index contributed by atoms with van der Waals surface area (Å²) in [6.45, 7) is 4.60. The number of fused-ring (bicyclic) bond motifs is 4. The SMILES string of the molecule is COc1ccc(NCCCCCCNC(=O)CCOc2c(OC)cc([C@@H]3c4cc5c(cc4[C@@H](OC4OC6COC(C)OC6C(O)C4O)[C@H]4CCC(=O)[C@H]34)OCO5)cc2OC)c(CN(C(C)=O)c2cc(F)ccc2Oc2ccccc2)c1. The third-order valence-electron chi connectivity index (χ3n) is 15.7. The van der Waals surface area contributed by atoms with Gasteiger partial charge in [-0.1, -0.05) is 31.0 Å². The summed E-state index contributed by atoms with van der Waals surface area (Å²) in [5, 5.41) is 29.0. The van der Waals surface area contributed by atoms with Crippen molar-refractivity contribution in [2.24, 2.45) is 11.8 Å². The molecule has 3 aliphatic heterocycles. The Balaban J connectivity index is 0.728. The number of nitrogens with one attached hydrogen (secondary N) is 2. The fourth-order valence-electron chi connectivity index (χ4n) is 11.6. The van der Waals surface area contributed by atoms with Crippen molar-refractivity contribution >= 4 is 29.0 Å². The number of nitrogens with zero attached hydrogens (tertiary/aromatic N) is 1. The van der Waals surface area contributed by atoms with Crippen LogP contribution >= 0.6 is 0 Å². The molecular formula is C61H70FN3O16. The van der Waals surface area contributed by atoms with E-state index in [-0.39, 0.29) is 56.5 Å². The highest BCUT2D eigenvalue weighted by atomic mass is 19.1. The van der Waals surface area contributed by atoms with Gasteiger partial charge in [0.15, 0.2) is 41.3 Å². The van der Waals surface area contributed by atoms with Gasteiger partial charge >= 0.3 is 0 Å². The summed E-state index contributed by atoms with van der Waals surface area (Å²) in [6.07, 6.45) is -2.56. The number of amides is 2. The first-order valence-electron chi connectivity index (χ1n) is 27.6. The Morgan fingerprint density at radius 3 is 2.27 bits per heavy atom. The van der Waals surface area contributed by atoms with Crippen molar-refractivity contribution < 1.29 is 81.1 Å². The van der Waals surface area contributed by atoms with Crippen molar-refractivity contribution in [3.8, 4) is 46.0 Å². The Morgan fingerprint density at radius 2 is 1.54 bits per heavy atom. The Hall–Kier alpha value is -7.20. The molecule has 5 aromatic rings. The fourth-order valence-corrected chi connectivity index (χ4v) is 11.6. The third kappa shape index (κ3) is 12.7. The smallest absolute Gasteiger partial charge is 0.231 e. The number of carbonyl (C=O) groups excluding carboxylic acids is 3. The van der Waals surface area contributed by atoms with Crippen LogP contribution in [0.5, 0.6) is 46.0 Å². The lowest BCUT2D eigenvalue weighted by molar-refractivity contribution is -0.364. The number of Topliss-reactive ketones (excluding diaryl/α,β-unsaturated/α-hetero) is 1. The van der Waals surface area contributed by atoms with Gasteiger partial charge in [0.1, 0.15) is 47.5 Å². The minimum absolute atomic E-state index is 0.0136. The van der Waals surface area contributed by atoms with E-state index in [0.29, 0.717) is 77.6 Å². The van der Waals surface area contributed by atoms with Crippen LogP contribution in [0.3, 0.4) is 0 Å². The highest BCUT2D eigenvalue weighted by molar-refractivity contribution is 5.93. The van der Waals surface area contributed by atoms with Crippen LogP contribution in [0, 0.1) is 17.7 Å². The first-order chi connectivity index (χ1) is 39.3. The Morgan fingerprint density at radius 1 is 0.802 bits per heavy atom. The van der Waals surface area contributed by atoms with E-state index in [4.69, 9.17) is 52.1 Å². The lowest BCUT2D eigenvalue weighted by Crippen LogP contribution is -2.63. The molecule has 19 nitrogen and oxygen atoms in total. The predicted molar refractivity (Wildman–Crippen MR) is 293 cm³/mol. The standard InChI is InChI=1S/C61H70FN3O16/c1-34(66)65(45-28-38(62)15-20-47(45)79-39-13-9-8-10-14-39)31-37-25-40(71-3)16-18-44(37)63-22-11-6-7-12-23-64-53(68)21-24-74-59-50(72-4)26-36(27-51(59)73-5)54-42-29-48-49(77-33-76-48)30-43(42)58(41-17-19-46(67)55(41)54)81-61-57(70)56(69)60-52(80-61)32-75-35(2)78-60/h8-10,13-16,18,20,25-30,35,41,52,54-58,60-61,63,69-70H,6-7,11-12,17,19,21-24,31-33H2,1-5H3,(H,64,68)/t35?,41-,52?,54+,55+,56?,57?,58-,60?,61?/m0/s1. The number of aliphatic hydroxyl groups excluding tert-OH is 2. The summed E-state index contributed by atoms with van der Waals surface area (Å²) in [6, 6.07) is 26.2. The van der Waals surface area contributed by atoms with Crippen molar-refractivity contribution in [2.45, 2.75) is 114 Å². The van der Waals surface area contributed by atoms with Crippen molar-refractivity contribution in [3.63, 3.8) is 0 Å². The molecule has 0 aromatic heterocycles. The predicted octanol–water partition coefficient (Wildman–Crippen LogP) is 8.49. The van der Waals surface area contributed by atoms with E-state index in [1.165, 1.54) is 44.2 Å². The topological polar surface area (TPSA) is 220 Å². The minimum Gasteiger partial charge on any atom is -0.497 e. The second kappa shape index (κ2) is 25.7. The molecule has 4 N–H and O–H groups in total. The number of methoxy groups -OCH3 is 3. The van der Waals surface area contributed by atoms with E-state index in [1.54, 1.807) is 26.2 Å². The van der Waals surface area contributed by atoms with Gasteiger partial charge in [0.05, 0.1) is 59.3 Å². The quantitative estimate of drug-likeness (QED) is 0.0451. The van der Waals surface area contributed by atoms with Crippen molar-refractivity contribution in [3.05, 3.63) is 119 Å². The molecule has 6 unspecified atom stereocenters. The van der Waals surface area contributed by atoms with Gasteiger partial charge in [-0.2, -0.15) is 0 Å². The first-order valence-corrected chi connectivity index (χ1v) is 27.6. The summed E-state index contributed by atoms with van der Waals surface area (Å²) in [5.41, 5.74) is 4.08. The van der Waals surface area contributed by atoms with Gasteiger partial charge in [0.2, 0.25) is 24.4 Å². The van der Waals surface area contributed by atoms with Crippen LogP contribution in [-0.4, -0.2) is 119 Å². The molecule has 2 amide bonds. The number of carbonyl (C=O) groups is 3. The number of ketones is 1. The maximum Gasteiger partial charge on any atom is 0.231 e. The van der Waals surface area contributed by atoms with Crippen LogP contribution in [0.4, 0.5) is 15.8 Å². The van der Waals surface area contributed by atoms with Crippen LogP contribution in [0.1, 0.15) is 93.1 Å². The summed E-state index contributed by atoms with van der Waals surface area (Å²) in [7, 11) is 4.60. The molecule has 10 rings (SSSR count). The van der Waals surface area contributed by atoms with Crippen LogP contribution in [0.15, 0.2) is 91.0 Å². The molecule has 0 radical (unpaired) electrons.